The number of hydrogen-bond donors (Lipinski definition) is 2. The first kappa shape index (κ1) is 23.1. The molecule has 2 atom stereocenters. The SMILES string of the molecule is CC1(O)C2CC1CC(S(=O)(=O)c1cc(C(=O)Nc3ccc(F)c(C(F)F)c3)ccc1Cl)C2. The van der Waals surface area contributed by atoms with E-state index in [1.807, 2.05) is 0 Å². The third-order valence-corrected chi connectivity index (χ3v) is 9.40. The summed E-state index contributed by atoms with van der Waals surface area (Å²) in [5.41, 5.74) is -1.80. The summed E-state index contributed by atoms with van der Waals surface area (Å²) in [5.74, 6) is -2.05. The highest BCUT2D eigenvalue weighted by Crippen LogP contribution is 2.55. The molecule has 3 saturated carbocycles. The molecule has 3 aliphatic rings. The molecule has 0 heterocycles. The van der Waals surface area contributed by atoms with Crippen molar-refractivity contribution in [2.75, 3.05) is 5.32 Å². The Labute approximate surface area is 188 Å². The minimum Gasteiger partial charge on any atom is -0.390 e. The molecule has 5 rings (SSSR count). The molecule has 3 fully saturated rings. The van der Waals surface area contributed by atoms with E-state index in [4.69, 9.17) is 11.6 Å². The summed E-state index contributed by atoms with van der Waals surface area (Å²) < 4.78 is 65.8. The monoisotopic (exact) mass is 487 g/mol. The first-order valence-electron chi connectivity index (χ1n) is 10.1. The minimum atomic E-state index is -3.87. The standard InChI is InChI=1S/C22H21ClF3NO4S/c1-22(29)12-7-13(22)9-15(8-12)32(30,31)19-6-11(2-4-17(19)23)21(28)27-14-3-5-18(24)16(10-14)20(25)26/h2-6,10,12-13,15,20,29H,7-9H2,1H3,(H,27,28). The highest BCUT2D eigenvalue weighted by molar-refractivity contribution is 7.92. The van der Waals surface area contributed by atoms with Gasteiger partial charge in [-0.25, -0.2) is 21.6 Å². The number of carbonyl (C=O) groups excluding carboxylic acids is 1. The zero-order valence-corrected chi connectivity index (χ0v) is 18.6. The number of rotatable bonds is 5. The lowest BCUT2D eigenvalue weighted by atomic mass is 9.54. The predicted molar refractivity (Wildman–Crippen MR) is 113 cm³/mol. The van der Waals surface area contributed by atoms with Crippen LogP contribution in [0.1, 0.15) is 48.5 Å². The van der Waals surface area contributed by atoms with Crippen LogP contribution in [0.25, 0.3) is 0 Å². The molecular weight excluding hydrogens is 467 g/mol. The number of hydrogen-bond acceptors (Lipinski definition) is 4. The molecule has 0 aliphatic heterocycles. The molecule has 10 heteroatoms. The fourth-order valence-electron chi connectivity index (χ4n) is 4.68. The van der Waals surface area contributed by atoms with Crippen LogP contribution in [0.4, 0.5) is 18.9 Å². The van der Waals surface area contributed by atoms with E-state index in [2.05, 4.69) is 5.32 Å². The number of aliphatic hydroxyl groups is 1. The number of sulfone groups is 1. The minimum absolute atomic E-state index is 0.0330. The molecule has 3 aliphatic carbocycles. The summed E-state index contributed by atoms with van der Waals surface area (Å²) in [6.45, 7) is 1.72. The Morgan fingerprint density at radius 3 is 2.41 bits per heavy atom. The van der Waals surface area contributed by atoms with Gasteiger partial charge in [0.25, 0.3) is 12.3 Å². The lowest BCUT2D eigenvalue weighted by Gasteiger charge is -2.56. The van der Waals surface area contributed by atoms with Crippen molar-refractivity contribution < 1.29 is 31.5 Å². The van der Waals surface area contributed by atoms with Gasteiger partial charge in [-0.15, -0.1) is 0 Å². The molecule has 32 heavy (non-hydrogen) atoms. The van der Waals surface area contributed by atoms with Crippen LogP contribution >= 0.6 is 11.6 Å². The topological polar surface area (TPSA) is 83.5 Å². The second kappa shape index (κ2) is 8.04. The van der Waals surface area contributed by atoms with Gasteiger partial charge < -0.3 is 10.4 Å². The van der Waals surface area contributed by atoms with Crippen molar-refractivity contribution in [2.24, 2.45) is 11.8 Å². The van der Waals surface area contributed by atoms with Crippen molar-refractivity contribution in [3.05, 3.63) is 58.4 Å². The van der Waals surface area contributed by atoms with Gasteiger partial charge in [0, 0.05) is 11.3 Å². The van der Waals surface area contributed by atoms with Crippen LogP contribution in [-0.2, 0) is 9.84 Å². The number of fused-ring (bicyclic) bond motifs is 2. The van der Waals surface area contributed by atoms with Gasteiger partial charge in [0.2, 0.25) is 0 Å². The summed E-state index contributed by atoms with van der Waals surface area (Å²) in [6, 6.07) is 6.54. The summed E-state index contributed by atoms with van der Waals surface area (Å²) in [6.07, 6.45) is -1.65. The maximum atomic E-state index is 13.5. The van der Waals surface area contributed by atoms with E-state index in [-0.39, 0.29) is 33.0 Å². The summed E-state index contributed by atoms with van der Waals surface area (Å²) in [5, 5.41) is 12.0. The van der Waals surface area contributed by atoms with Crippen molar-refractivity contribution in [1.82, 2.24) is 0 Å². The highest BCUT2D eigenvalue weighted by Gasteiger charge is 2.57. The maximum absolute atomic E-state index is 13.5. The van der Waals surface area contributed by atoms with Gasteiger partial charge in [-0.2, -0.15) is 0 Å². The Morgan fingerprint density at radius 1 is 1.16 bits per heavy atom. The van der Waals surface area contributed by atoms with Crippen molar-refractivity contribution in [1.29, 1.82) is 0 Å². The lowest BCUT2D eigenvalue weighted by molar-refractivity contribution is -0.162. The Bertz CT molecular complexity index is 1170. The van der Waals surface area contributed by atoms with E-state index < -0.39 is 44.4 Å². The van der Waals surface area contributed by atoms with Crippen LogP contribution in [0.3, 0.4) is 0 Å². The average molecular weight is 488 g/mol. The number of anilines is 1. The number of alkyl halides is 2. The molecule has 2 aromatic carbocycles. The molecule has 1 amide bonds. The predicted octanol–water partition coefficient (Wildman–Crippen LogP) is 4.99. The van der Waals surface area contributed by atoms with Crippen LogP contribution < -0.4 is 5.32 Å². The van der Waals surface area contributed by atoms with Crippen molar-refractivity contribution in [3.8, 4) is 0 Å². The second-order valence-electron chi connectivity index (χ2n) is 8.63. The normalized spacial score (nSPS) is 27.2. The zero-order chi connectivity index (χ0) is 23.4. The van der Waals surface area contributed by atoms with Gasteiger partial charge in [0.1, 0.15) is 5.82 Å². The van der Waals surface area contributed by atoms with Crippen molar-refractivity contribution >= 4 is 33.0 Å². The average Bonchev–Trinajstić information content (AvgIpc) is 2.74. The van der Waals surface area contributed by atoms with Crippen LogP contribution in [0.15, 0.2) is 41.3 Å². The van der Waals surface area contributed by atoms with E-state index in [1.54, 1.807) is 6.92 Å². The maximum Gasteiger partial charge on any atom is 0.266 e. The van der Waals surface area contributed by atoms with Gasteiger partial charge in [0.05, 0.1) is 26.3 Å². The van der Waals surface area contributed by atoms with E-state index in [0.717, 1.165) is 30.7 Å². The molecule has 2 aromatic rings. The van der Waals surface area contributed by atoms with Crippen LogP contribution in [0.2, 0.25) is 5.02 Å². The number of amides is 1. The molecule has 0 spiro atoms. The van der Waals surface area contributed by atoms with Crippen LogP contribution in [-0.4, -0.2) is 30.3 Å². The number of halogens is 4. The second-order valence-corrected chi connectivity index (χ2v) is 11.2. The molecule has 2 unspecified atom stereocenters. The quantitative estimate of drug-likeness (QED) is 0.622. The molecule has 5 nitrogen and oxygen atoms in total. The van der Waals surface area contributed by atoms with Gasteiger partial charge in [-0.05, 0) is 74.4 Å². The van der Waals surface area contributed by atoms with Crippen molar-refractivity contribution in [2.45, 2.75) is 48.4 Å². The largest absolute Gasteiger partial charge is 0.390 e. The van der Waals surface area contributed by atoms with Crippen LogP contribution in [0, 0.1) is 17.7 Å². The first-order chi connectivity index (χ1) is 14.9. The summed E-state index contributed by atoms with van der Waals surface area (Å²) >= 11 is 6.16. The fourth-order valence-corrected chi connectivity index (χ4v) is 7.08. The number of carbonyl (C=O) groups is 1. The fraction of sp³-hybridized carbons (Fsp3) is 0.409. The van der Waals surface area contributed by atoms with Crippen molar-refractivity contribution in [3.63, 3.8) is 0 Å². The molecule has 2 bridgehead atoms. The Hall–Kier alpha value is -2.10. The molecule has 0 saturated heterocycles. The van der Waals surface area contributed by atoms with E-state index in [1.165, 1.54) is 12.1 Å². The molecule has 0 aromatic heterocycles. The Morgan fingerprint density at radius 2 is 1.81 bits per heavy atom. The first-order valence-corrected chi connectivity index (χ1v) is 12.0. The molecule has 2 N–H and O–H groups in total. The highest BCUT2D eigenvalue weighted by atomic mass is 35.5. The molecular formula is C22H21ClF3NO4S. The summed E-state index contributed by atoms with van der Waals surface area (Å²) in [4.78, 5) is 12.4. The smallest absolute Gasteiger partial charge is 0.266 e. The van der Waals surface area contributed by atoms with E-state index in [9.17, 15) is 31.5 Å². The van der Waals surface area contributed by atoms with Gasteiger partial charge in [-0.1, -0.05) is 11.6 Å². The lowest BCUT2D eigenvalue weighted by Crippen LogP contribution is -2.60. The van der Waals surface area contributed by atoms with E-state index >= 15 is 0 Å². The van der Waals surface area contributed by atoms with Gasteiger partial charge in [0.15, 0.2) is 9.84 Å². The zero-order valence-electron chi connectivity index (χ0n) is 17.0. The Balaban J connectivity index is 1.58. The van der Waals surface area contributed by atoms with Crippen LogP contribution in [0.5, 0.6) is 0 Å². The third-order valence-electron chi connectivity index (χ3n) is 6.74. The number of nitrogens with one attached hydrogen (secondary N) is 1. The number of benzene rings is 2. The summed E-state index contributed by atoms with van der Waals surface area (Å²) in [7, 11) is -3.87. The van der Waals surface area contributed by atoms with Gasteiger partial charge >= 0.3 is 0 Å². The molecule has 0 radical (unpaired) electrons. The van der Waals surface area contributed by atoms with E-state index in [0.29, 0.717) is 12.8 Å². The Kier molecular flexibility index (Phi) is 5.80. The molecule has 172 valence electrons. The van der Waals surface area contributed by atoms with Gasteiger partial charge in [-0.3, -0.25) is 4.79 Å². The third kappa shape index (κ3) is 3.91.